The molecule has 0 aromatic heterocycles. The topological polar surface area (TPSA) is 58.6 Å². The first kappa shape index (κ1) is 16.7. The minimum absolute atomic E-state index is 0.118. The molecule has 24 heavy (non-hydrogen) atoms. The SMILES string of the molecule is COC(=O)CN[C@@H]1C2=C(CCCC2)C(=O)N1CCc1ccccc1. The van der Waals surface area contributed by atoms with Crippen molar-refractivity contribution < 1.29 is 14.3 Å². The number of hydrogen-bond acceptors (Lipinski definition) is 4. The molecule has 1 atom stereocenters. The molecule has 5 nitrogen and oxygen atoms in total. The van der Waals surface area contributed by atoms with Crippen molar-refractivity contribution >= 4 is 11.9 Å². The van der Waals surface area contributed by atoms with E-state index in [1.165, 1.54) is 18.2 Å². The quantitative estimate of drug-likeness (QED) is 0.812. The van der Waals surface area contributed by atoms with Gasteiger partial charge in [0.2, 0.25) is 0 Å². The molecule has 0 bridgehead atoms. The van der Waals surface area contributed by atoms with Gasteiger partial charge in [0.25, 0.3) is 5.91 Å². The summed E-state index contributed by atoms with van der Waals surface area (Å²) in [7, 11) is 1.38. The van der Waals surface area contributed by atoms with Crippen LogP contribution in [0.2, 0.25) is 0 Å². The highest BCUT2D eigenvalue weighted by Crippen LogP contribution is 2.35. The van der Waals surface area contributed by atoms with Gasteiger partial charge in [0.15, 0.2) is 0 Å². The summed E-state index contributed by atoms with van der Waals surface area (Å²) in [6.07, 6.45) is 4.60. The van der Waals surface area contributed by atoms with Crippen molar-refractivity contribution in [2.24, 2.45) is 0 Å². The van der Waals surface area contributed by atoms with Crippen molar-refractivity contribution in [1.29, 1.82) is 0 Å². The Morgan fingerprint density at radius 1 is 1.25 bits per heavy atom. The average Bonchev–Trinajstić information content (AvgIpc) is 2.90. The van der Waals surface area contributed by atoms with Gasteiger partial charge in [-0.1, -0.05) is 30.3 Å². The molecule has 3 rings (SSSR count). The molecule has 5 heteroatoms. The zero-order valence-corrected chi connectivity index (χ0v) is 14.1. The van der Waals surface area contributed by atoms with Crippen LogP contribution in [0.4, 0.5) is 0 Å². The number of hydrogen-bond donors (Lipinski definition) is 1. The third-order valence-corrected chi connectivity index (χ3v) is 4.82. The van der Waals surface area contributed by atoms with Crippen molar-refractivity contribution in [3.63, 3.8) is 0 Å². The van der Waals surface area contributed by atoms with Gasteiger partial charge in [0.05, 0.1) is 13.7 Å². The first-order chi connectivity index (χ1) is 11.7. The van der Waals surface area contributed by atoms with Crippen molar-refractivity contribution in [3.05, 3.63) is 47.0 Å². The van der Waals surface area contributed by atoms with Crippen molar-refractivity contribution in [2.75, 3.05) is 20.2 Å². The molecule has 2 aliphatic rings. The Balaban J connectivity index is 1.72. The fraction of sp³-hybridized carbons (Fsp3) is 0.474. The number of esters is 1. The van der Waals surface area contributed by atoms with Crippen LogP contribution < -0.4 is 5.32 Å². The minimum Gasteiger partial charge on any atom is -0.468 e. The fourth-order valence-corrected chi connectivity index (χ4v) is 3.56. The van der Waals surface area contributed by atoms with Gasteiger partial charge in [-0.2, -0.15) is 0 Å². The van der Waals surface area contributed by atoms with E-state index in [4.69, 9.17) is 4.74 Å². The molecule has 0 fully saturated rings. The number of amides is 1. The highest BCUT2D eigenvalue weighted by molar-refractivity contribution is 5.98. The van der Waals surface area contributed by atoms with Gasteiger partial charge in [-0.3, -0.25) is 14.9 Å². The largest absolute Gasteiger partial charge is 0.468 e. The standard InChI is InChI=1S/C19H24N2O3/c1-24-17(22)13-20-18-15-9-5-6-10-16(15)19(23)21(18)12-11-14-7-3-2-4-8-14/h2-4,7-8,18,20H,5-6,9-13H2,1H3/t18-/m0/s1. The zero-order chi connectivity index (χ0) is 16.9. The van der Waals surface area contributed by atoms with E-state index in [9.17, 15) is 9.59 Å². The first-order valence-corrected chi connectivity index (χ1v) is 8.57. The third kappa shape index (κ3) is 3.51. The Kier molecular flexibility index (Phi) is 5.30. The molecule has 0 radical (unpaired) electrons. The number of rotatable bonds is 6. The lowest BCUT2D eigenvalue weighted by molar-refractivity contribution is -0.140. The van der Waals surface area contributed by atoms with E-state index in [0.717, 1.165) is 37.7 Å². The van der Waals surface area contributed by atoms with Crippen LogP contribution in [0.25, 0.3) is 0 Å². The van der Waals surface area contributed by atoms with E-state index in [2.05, 4.69) is 17.4 Å². The number of nitrogens with one attached hydrogen (secondary N) is 1. The maximum atomic E-state index is 12.8. The average molecular weight is 328 g/mol. The predicted octanol–water partition coefficient (Wildman–Crippen LogP) is 2.03. The van der Waals surface area contributed by atoms with Gasteiger partial charge in [-0.25, -0.2) is 0 Å². The number of methoxy groups -OCH3 is 1. The number of ether oxygens (including phenoxy) is 1. The van der Waals surface area contributed by atoms with Crippen molar-refractivity contribution in [2.45, 2.75) is 38.3 Å². The Morgan fingerprint density at radius 3 is 2.75 bits per heavy atom. The molecule has 128 valence electrons. The second kappa shape index (κ2) is 7.62. The molecule has 0 unspecified atom stereocenters. The summed E-state index contributed by atoms with van der Waals surface area (Å²) in [5.74, 6) is -0.182. The number of nitrogens with zero attached hydrogens (tertiary/aromatic N) is 1. The molecule has 0 spiro atoms. The Morgan fingerprint density at radius 2 is 2.00 bits per heavy atom. The van der Waals surface area contributed by atoms with Crippen LogP contribution in [0.15, 0.2) is 41.5 Å². The Hall–Kier alpha value is -2.14. The third-order valence-electron chi connectivity index (χ3n) is 4.82. The van der Waals surface area contributed by atoms with Crippen LogP contribution in [-0.4, -0.2) is 43.1 Å². The lowest BCUT2D eigenvalue weighted by atomic mass is 9.92. The lowest BCUT2D eigenvalue weighted by Crippen LogP contribution is -2.48. The molecule has 1 aliphatic heterocycles. The van der Waals surface area contributed by atoms with Crippen LogP contribution in [0.5, 0.6) is 0 Å². The summed E-state index contributed by atoms with van der Waals surface area (Å²) in [4.78, 5) is 26.2. The number of carbonyl (C=O) groups is 2. The normalized spacial score (nSPS) is 20.3. The summed E-state index contributed by atoms with van der Waals surface area (Å²) in [6, 6.07) is 10.2. The van der Waals surface area contributed by atoms with Gasteiger partial charge in [0, 0.05) is 12.1 Å². The summed E-state index contributed by atoms with van der Waals surface area (Å²) in [5, 5.41) is 3.22. The Bertz CT molecular complexity index is 639. The van der Waals surface area contributed by atoms with Crippen molar-refractivity contribution in [3.8, 4) is 0 Å². The summed E-state index contributed by atoms with van der Waals surface area (Å²) in [5.41, 5.74) is 3.33. The maximum absolute atomic E-state index is 12.8. The van der Waals surface area contributed by atoms with Crippen LogP contribution in [0.3, 0.4) is 0 Å². The summed E-state index contributed by atoms with van der Waals surface area (Å²) in [6.45, 7) is 0.766. The molecule has 1 aromatic carbocycles. The molecule has 0 saturated carbocycles. The monoisotopic (exact) mass is 328 g/mol. The molecule has 1 aromatic rings. The number of carbonyl (C=O) groups excluding carboxylic acids is 2. The first-order valence-electron chi connectivity index (χ1n) is 8.57. The smallest absolute Gasteiger partial charge is 0.319 e. The van der Waals surface area contributed by atoms with E-state index >= 15 is 0 Å². The fourth-order valence-electron chi connectivity index (χ4n) is 3.56. The van der Waals surface area contributed by atoms with Crippen LogP contribution in [-0.2, 0) is 20.7 Å². The van der Waals surface area contributed by atoms with Crippen LogP contribution >= 0.6 is 0 Å². The highest BCUT2D eigenvalue weighted by atomic mass is 16.5. The zero-order valence-electron chi connectivity index (χ0n) is 14.1. The molecular formula is C19H24N2O3. The maximum Gasteiger partial charge on any atom is 0.319 e. The van der Waals surface area contributed by atoms with Crippen LogP contribution in [0.1, 0.15) is 31.2 Å². The van der Waals surface area contributed by atoms with Gasteiger partial charge in [-0.05, 0) is 43.2 Å². The van der Waals surface area contributed by atoms with Crippen molar-refractivity contribution in [1.82, 2.24) is 10.2 Å². The Labute approximate surface area is 142 Å². The molecular weight excluding hydrogens is 304 g/mol. The van der Waals surface area contributed by atoms with Gasteiger partial charge in [-0.15, -0.1) is 0 Å². The van der Waals surface area contributed by atoms with E-state index in [0.29, 0.717) is 6.54 Å². The molecule has 1 aliphatic carbocycles. The second-order valence-electron chi connectivity index (χ2n) is 6.30. The molecule has 1 heterocycles. The summed E-state index contributed by atoms with van der Waals surface area (Å²) >= 11 is 0. The van der Waals surface area contributed by atoms with E-state index in [-0.39, 0.29) is 24.6 Å². The predicted molar refractivity (Wildman–Crippen MR) is 91.2 cm³/mol. The molecule has 1 N–H and O–H groups in total. The molecule has 1 amide bonds. The van der Waals surface area contributed by atoms with Gasteiger partial charge >= 0.3 is 5.97 Å². The van der Waals surface area contributed by atoms with E-state index in [1.807, 2.05) is 23.1 Å². The summed E-state index contributed by atoms with van der Waals surface area (Å²) < 4.78 is 4.72. The van der Waals surface area contributed by atoms with Crippen LogP contribution in [0, 0.1) is 0 Å². The number of benzene rings is 1. The second-order valence-corrected chi connectivity index (χ2v) is 6.30. The molecule has 0 saturated heterocycles. The van der Waals surface area contributed by atoms with E-state index in [1.54, 1.807) is 0 Å². The van der Waals surface area contributed by atoms with Gasteiger partial charge in [0.1, 0.15) is 6.17 Å². The van der Waals surface area contributed by atoms with Gasteiger partial charge < -0.3 is 9.64 Å². The lowest BCUT2D eigenvalue weighted by Gasteiger charge is -2.28. The minimum atomic E-state index is -0.310. The highest BCUT2D eigenvalue weighted by Gasteiger charge is 2.39. The van der Waals surface area contributed by atoms with E-state index < -0.39 is 0 Å².